The lowest BCUT2D eigenvalue weighted by molar-refractivity contribution is -0.109. The standard InChI is InChI=1S/C17H18N8OS.CH5N/c1-11-5-15(27-23-11)22-16-17-19-7-14(12-6-20-24(2)8-12)25(17)9-13(21-16)3-4-18-10-26;1-2/h5-10H,3-4H2,1-2H3,(H,18,26)(H,21,22);2H2,1H3. The van der Waals surface area contributed by atoms with Gasteiger partial charge in [0, 0.05) is 38.0 Å². The van der Waals surface area contributed by atoms with Gasteiger partial charge < -0.3 is 16.4 Å². The lowest BCUT2D eigenvalue weighted by atomic mass is 10.2. The van der Waals surface area contributed by atoms with Gasteiger partial charge in [-0.05, 0) is 31.6 Å². The SMILES string of the molecule is CN.Cc1cc(Nc2nc(CCNC=O)cn3c(-c4cnn(C)c4)cnc23)sn1. The van der Waals surface area contributed by atoms with Crippen molar-refractivity contribution in [3.8, 4) is 11.3 Å². The summed E-state index contributed by atoms with van der Waals surface area (Å²) in [6.45, 7) is 2.46. The van der Waals surface area contributed by atoms with Crippen molar-refractivity contribution in [3.63, 3.8) is 0 Å². The molecular formula is C18H23N9OS. The fourth-order valence-electron chi connectivity index (χ4n) is 2.81. The lowest BCUT2D eigenvalue weighted by Gasteiger charge is -2.09. The Morgan fingerprint density at radius 1 is 1.28 bits per heavy atom. The molecule has 1 amide bonds. The molecule has 4 rings (SSSR count). The first-order chi connectivity index (χ1) is 14.1. The number of hydrogen-bond donors (Lipinski definition) is 3. The lowest BCUT2D eigenvalue weighted by Crippen LogP contribution is -2.15. The third kappa shape index (κ3) is 4.58. The molecule has 4 N–H and O–H groups in total. The van der Waals surface area contributed by atoms with Gasteiger partial charge in [0.05, 0.1) is 29.5 Å². The highest BCUT2D eigenvalue weighted by Crippen LogP contribution is 2.27. The molecule has 0 aliphatic carbocycles. The fourth-order valence-corrected chi connectivity index (χ4v) is 3.47. The van der Waals surface area contributed by atoms with Crippen LogP contribution in [0.15, 0.2) is 30.9 Å². The smallest absolute Gasteiger partial charge is 0.207 e. The zero-order valence-corrected chi connectivity index (χ0v) is 17.3. The fraction of sp³-hybridized carbons (Fsp3) is 0.278. The molecule has 0 spiro atoms. The van der Waals surface area contributed by atoms with Crippen LogP contribution in [-0.2, 0) is 18.3 Å². The van der Waals surface area contributed by atoms with Gasteiger partial charge in [-0.1, -0.05) is 0 Å². The quantitative estimate of drug-likeness (QED) is 0.309. The van der Waals surface area contributed by atoms with E-state index in [1.165, 1.54) is 18.6 Å². The second kappa shape index (κ2) is 9.26. The topological polar surface area (TPSA) is 128 Å². The molecular weight excluding hydrogens is 390 g/mol. The molecule has 0 atom stereocenters. The van der Waals surface area contributed by atoms with Crippen molar-refractivity contribution in [2.45, 2.75) is 13.3 Å². The van der Waals surface area contributed by atoms with E-state index in [0.29, 0.717) is 30.8 Å². The van der Waals surface area contributed by atoms with Crippen molar-refractivity contribution in [2.24, 2.45) is 12.8 Å². The van der Waals surface area contributed by atoms with Crippen molar-refractivity contribution in [1.82, 2.24) is 33.8 Å². The highest BCUT2D eigenvalue weighted by molar-refractivity contribution is 7.10. The number of aryl methyl sites for hydroxylation is 2. The molecule has 152 valence electrons. The van der Waals surface area contributed by atoms with Gasteiger partial charge in [-0.25, -0.2) is 9.97 Å². The van der Waals surface area contributed by atoms with Gasteiger partial charge in [0.2, 0.25) is 6.41 Å². The number of aromatic nitrogens is 6. The molecule has 0 aromatic carbocycles. The van der Waals surface area contributed by atoms with Crippen LogP contribution in [0.25, 0.3) is 16.9 Å². The van der Waals surface area contributed by atoms with Crippen LogP contribution in [0.1, 0.15) is 11.4 Å². The molecule has 0 aliphatic rings. The Morgan fingerprint density at radius 3 is 2.76 bits per heavy atom. The van der Waals surface area contributed by atoms with Gasteiger partial charge in [0.15, 0.2) is 11.5 Å². The van der Waals surface area contributed by atoms with Gasteiger partial charge in [-0.2, -0.15) is 9.47 Å². The second-order valence-electron chi connectivity index (χ2n) is 6.10. The van der Waals surface area contributed by atoms with Gasteiger partial charge in [-0.15, -0.1) is 0 Å². The van der Waals surface area contributed by atoms with E-state index in [4.69, 9.17) is 4.98 Å². The third-order valence-electron chi connectivity index (χ3n) is 4.02. The largest absolute Gasteiger partial charge is 0.358 e. The molecule has 4 aromatic heterocycles. The Bertz CT molecular complexity index is 1100. The van der Waals surface area contributed by atoms with E-state index in [1.807, 2.05) is 43.0 Å². The van der Waals surface area contributed by atoms with Crippen molar-refractivity contribution in [1.29, 1.82) is 0 Å². The van der Waals surface area contributed by atoms with Crippen LogP contribution in [0.3, 0.4) is 0 Å². The predicted octanol–water partition coefficient (Wildman–Crippen LogP) is 1.50. The van der Waals surface area contributed by atoms with Crippen LogP contribution in [0.5, 0.6) is 0 Å². The van der Waals surface area contributed by atoms with E-state index < -0.39 is 0 Å². The van der Waals surface area contributed by atoms with Gasteiger partial charge in [-0.3, -0.25) is 13.9 Å². The van der Waals surface area contributed by atoms with Crippen LogP contribution >= 0.6 is 11.5 Å². The number of fused-ring (bicyclic) bond motifs is 1. The number of rotatable bonds is 7. The van der Waals surface area contributed by atoms with Crippen LogP contribution in [-0.4, -0.2) is 48.5 Å². The number of amides is 1. The summed E-state index contributed by atoms with van der Waals surface area (Å²) in [6.07, 6.45) is 8.80. The van der Waals surface area contributed by atoms with Crippen molar-refractivity contribution in [2.75, 3.05) is 18.9 Å². The third-order valence-corrected chi connectivity index (χ3v) is 4.82. The minimum absolute atomic E-state index is 0.512. The normalized spacial score (nSPS) is 10.5. The highest BCUT2D eigenvalue weighted by atomic mass is 32.1. The molecule has 4 aromatic rings. The molecule has 0 saturated carbocycles. The summed E-state index contributed by atoms with van der Waals surface area (Å²) in [7, 11) is 3.38. The predicted molar refractivity (Wildman–Crippen MR) is 113 cm³/mol. The molecule has 0 radical (unpaired) electrons. The summed E-state index contributed by atoms with van der Waals surface area (Å²) in [5.41, 5.74) is 8.89. The van der Waals surface area contributed by atoms with E-state index in [1.54, 1.807) is 10.9 Å². The monoisotopic (exact) mass is 413 g/mol. The number of hydrogen-bond acceptors (Lipinski definition) is 8. The van der Waals surface area contributed by atoms with E-state index in [0.717, 1.165) is 27.6 Å². The minimum atomic E-state index is 0.512. The highest BCUT2D eigenvalue weighted by Gasteiger charge is 2.15. The zero-order valence-electron chi connectivity index (χ0n) is 16.5. The summed E-state index contributed by atoms with van der Waals surface area (Å²) >= 11 is 1.38. The molecule has 0 unspecified atom stereocenters. The maximum absolute atomic E-state index is 10.5. The number of carbonyl (C=O) groups excluding carboxylic acids is 1. The van der Waals surface area contributed by atoms with Crippen LogP contribution in [0.2, 0.25) is 0 Å². The average Bonchev–Trinajstić information content (AvgIpc) is 3.44. The summed E-state index contributed by atoms with van der Waals surface area (Å²) in [6, 6.07) is 1.97. The zero-order chi connectivity index (χ0) is 20.8. The van der Waals surface area contributed by atoms with Crippen molar-refractivity contribution < 1.29 is 4.79 Å². The van der Waals surface area contributed by atoms with Gasteiger partial charge in [0.25, 0.3) is 0 Å². The molecule has 4 heterocycles. The number of nitrogens with zero attached hydrogens (tertiary/aromatic N) is 6. The Kier molecular flexibility index (Phi) is 6.52. The molecule has 0 bridgehead atoms. The maximum atomic E-state index is 10.5. The molecule has 11 heteroatoms. The Hall–Kier alpha value is -3.31. The van der Waals surface area contributed by atoms with Gasteiger partial charge in [0.1, 0.15) is 5.00 Å². The van der Waals surface area contributed by atoms with E-state index in [9.17, 15) is 4.79 Å². The van der Waals surface area contributed by atoms with E-state index in [2.05, 4.69) is 30.8 Å². The summed E-state index contributed by atoms with van der Waals surface area (Å²) in [4.78, 5) is 19.8. The maximum Gasteiger partial charge on any atom is 0.207 e. The summed E-state index contributed by atoms with van der Waals surface area (Å²) in [5.74, 6) is 0.650. The van der Waals surface area contributed by atoms with Crippen LogP contribution < -0.4 is 16.4 Å². The number of anilines is 2. The Labute approximate surface area is 172 Å². The first-order valence-corrected chi connectivity index (χ1v) is 9.72. The molecule has 10 nitrogen and oxygen atoms in total. The number of nitrogens with two attached hydrogens (primary N) is 1. The number of nitrogens with one attached hydrogen (secondary N) is 2. The molecule has 0 fully saturated rings. The number of imidazole rings is 1. The molecule has 0 saturated heterocycles. The summed E-state index contributed by atoms with van der Waals surface area (Å²) in [5, 5.41) is 11.1. The van der Waals surface area contributed by atoms with E-state index >= 15 is 0 Å². The summed E-state index contributed by atoms with van der Waals surface area (Å²) < 4.78 is 8.05. The molecule has 0 aliphatic heterocycles. The number of carbonyl (C=O) groups is 1. The van der Waals surface area contributed by atoms with Crippen LogP contribution in [0, 0.1) is 6.92 Å². The Morgan fingerprint density at radius 2 is 2.10 bits per heavy atom. The Balaban J connectivity index is 0.00000117. The molecule has 29 heavy (non-hydrogen) atoms. The van der Waals surface area contributed by atoms with E-state index in [-0.39, 0.29) is 0 Å². The minimum Gasteiger partial charge on any atom is -0.358 e. The van der Waals surface area contributed by atoms with Gasteiger partial charge >= 0.3 is 0 Å². The first kappa shape index (κ1) is 20.4. The first-order valence-electron chi connectivity index (χ1n) is 8.95. The second-order valence-corrected chi connectivity index (χ2v) is 6.91. The van der Waals surface area contributed by atoms with Crippen molar-refractivity contribution in [3.05, 3.63) is 42.2 Å². The van der Waals surface area contributed by atoms with Crippen LogP contribution in [0.4, 0.5) is 10.8 Å². The van der Waals surface area contributed by atoms with Crippen molar-refractivity contribution >= 4 is 34.4 Å². The average molecular weight is 414 g/mol.